The number of nitrogens with zero attached hydrogens (tertiary/aromatic N) is 3. The maximum absolute atomic E-state index is 9.94. The molecule has 0 radical (unpaired) electrons. The smallest absolute Gasteiger partial charge is 0.224 e. The lowest BCUT2D eigenvalue weighted by Crippen LogP contribution is -2.57. The summed E-state index contributed by atoms with van der Waals surface area (Å²) in [5, 5.41) is 27.7. The van der Waals surface area contributed by atoms with E-state index in [0.717, 1.165) is 17.3 Å². The molecular formula is C21H23ClN6O. The molecule has 1 aliphatic carbocycles. The van der Waals surface area contributed by atoms with Gasteiger partial charge in [-0.2, -0.15) is 10.2 Å². The van der Waals surface area contributed by atoms with E-state index in [1.165, 1.54) is 11.8 Å². The molecule has 0 unspecified atom stereocenters. The van der Waals surface area contributed by atoms with Gasteiger partial charge in [-0.25, -0.2) is 4.98 Å². The largest absolute Gasteiger partial charge is 0.392 e. The van der Waals surface area contributed by atoms with E-state index in [4.69, 9.17) is 11.6 Å². The second kappa shape index (κ2) is 7.54. The molecule has 1 aliphatic rings. The first-order valence-electron chi connectivity index (χ1n) is 9.59. The molecule has 8 heteroatoms. The van der Waals surface area contributed by atoms with Crippen LogP contribution in [0.2, 0.25) is 5.02 Å². The van der Waals surface area contributed by atoms with Gasteiger partial charge in [0, 0.05) is 40.1 Å². The standard InChI is InChI=1S/C21H23ClN6O/c1-21(2)17(8-18(21)29)27-19-13(9-23)11-26-20(28-19)24-6-5-12-10-25-16-7-14(22)3-4-15(12)16/h3-4,7,10-11,17-18,25,29H,5-6,8H2,1-2H3,(H2,24,26,27,28)/t17-,18+/m1/s1. The Labute approximate surface area is 174 Å². The van der Waals surface area contributed by atoms with Crippen molar-refractivity contribution >= 4 is 34.3 Å². The Hall–Kier alpha value is -2.82. The average molecular weight is 411 g/mol. The van der Waals surface area contributed by atoms with Gasteiger partial charge in [-0.3, -0.25) is 0 Å². The van der Waals surface area contributed by atoms with Gasteiger partial charge >= 0.3 is 0 Å². The first-order valence-corrected chi connectivity index (χ1v) is 9.97. The van der Waals surface area contributed by atoms with Gasteiger partial charge in [-0.15, -0.1) is 0 Å². The number of fused-ring (bicyclic) bond motifs is 1. The number of aromatic amines is 1. The number of halogens is 1. The van der Waals surface area contributed by atoms with E-state index in [1.807, 2.05) is 38.2 Å². The zero-order chi connectivity index (χ0) is 20.6. The summed E-state index contributed by atoms with van der Waals surface area (Å²) in [5.74, 6) is 0.962. The number of aliphatic hydroxyl groups is 1. The Morgan fingerprint density at radius 2 is 2.24 bits per heavy atom. The summed E-state index contributed by atoms with van der Waals surface area (Å²) in [7, 11) is 0. The van der Waals surface area contributed by atoms with E-state index in [9.17, 15) is 10.4 Å². The van der Waals surface area contributed by atoms with Crippen molar-refractivity contribution in [2.75, 3.05) is 17.2 Å². The van der Waals surface area contributed by atoms with E-state index in [1.54, 1.807) is 0 Å². The lowest BCUT2D eigenvalue weighted by molar-refractivity contribution is -0.0511. The Morgan fingerprint density at radius 3 is 2.97 bits per heavy atom. The normalized spacial score (nSPS) is 20.1. The molecule has 7 nitrogen and oxygen atoms in total. The fraction of sp³-hybridized carbons (Fsp3) is 0.381. The van der Waals surface area contributed by atoms with Crippen molar-refractivity contribution in [2.24, 2.45) is 5.41 Å². The van der Waals surface area contributed by atoms with Crippen molar-refractivity contribution in [1.82, 2.24) is 15.0 Å². The average Bonchev–Trinajstić information content (AvgIpc) is 3.10. The number of hydrogen-bond acceptors (Lipinski definition) is 6. The Bertz CT molecular complexity index is 1090. The van der Waals surface area contributed by atoms with Crippen LogP contribution in [0.5, 0.6) is 0 Å². The minimum Gasteiger partial charge on any atom is -0.392 e. The summed E-state index contributed by atoms with van der Waals surface area (Å²) < 4.78 is 0. The molecule has 0 bridgehead atoms. The van der Waals surface area contributed by atoms with Gasteiger partial charge in [0.2, 0.25) is 5.95 Å². The van der Waals surface area contributed by atoms with Crippen molar-refractivity contribution < 1.29 is 5.11 Å². The number of benzene rings is 1. The molecule has 1 aromatic carbocycles. The molecule has 0 spiro atoms. The lowest BCUT2D eigenvalue weighted by atomic mass is 9.64. The molecule has 3 aromatic rings. The highest BCUT2D eigenvalue weighted by Crippen LogP contribution is 2.42. The molecule has 29 heavy (non-hydrogen) atoms. The van der Waals surface area contributed by atoms with Crippen LogP contribution in [-0.4, -0.2) is 38.7 Å². The quantitative estimate of drug-likeness (QED) is 0.493. The Balaban J connectivity index is 1.43. The highest BCUT2D eigenvalue weighted by molar-refractivity contribution is 6.31. The number of hydrogen-bond donors (Lipinski definition) is 4. The van der Waals surface area contributed by atoms with Crippen LogP contribution in [0.3, 0.4) is 0 Å². The molecule has 1 fully saturated rings. The van der Waals surface area contributed by atoms with Crippen LogP contribution in [-0.2, 0) is 6.42 Å². The number of anilines is 2. The van der Waals surface area contributed by atoms with E-state index >= 15 is 0 Å². The third-order valence-corrected chi connectivity index (χ3v) is 6.08. The zero-order valence-electron chi connectivity index (χ0n) is 16.3. The SMILES string of the molecule is CC1(C)[C@@H](O)C[C@H]1Nc1nc(NCCc2c[nH]c3cc(Cl)ccc23)ncc1C#N. The first kappa shape index (κ1) is 19.5. The number of H-pyrrole nitrogens is 1. The Morgan fingerprint density at radius 1 is 1.41 bits per heavy atom. The van der Waals surface area contributed by atoms with Crippen LogP contribution in [0.4, 0.5) is 11.8 Å². The van der Waals surface area contributed by atoms with Gasteiger partial charge in [-0.05, 0) is 30.5 Å². The second-order valence-electron chi connectivity index (χ2n) is 8.02. The summed E-state index contributed by atoms with van der Waals surface area (Å²) in [6.45, 7) is 4.65. The molecule has 4 rings (SSSR count). The molecular weight excluding hydrogens is 388 g/mol. The molecule has 2 heterocycles. The zero-order valence-corrected chi connectivity index (χ0v) is 17.1. The maximum Gasteiger partial charge on any atom is 0.224 e. The number of aromatic nitrogens is 3. The van der Waals surface area contributed by atoms with Gasteiger partial charge in [0.15, 0.2) is 0 Å². The van der Waals surface area contributed by atoms with Crippen LogP contribution < -0.4 is 10.6 Å². The van der Waals surface area contributed by atoms with Crippen LogP contribution in [0.15, 0.2) is 30.6 Å². The summed E-state index contributed by atoms with van der Waals surface area (Å²) in [6.07, 6.45) is 4.58. The van der Waals surface area contributed by atoms with Crippen molar-refractivity contribution in [3.05, 3.63) is 46.7 Å². The molecule has 0 aliphatic heterocycles. The van der Waals surface area contributed by atoms with Crippen molar-refractivity contribution in [3.8, 4) is 6.07 Å². The van der Waals surface area contributed by atoms with Gasteiger partial charge in [0.05, 0.1) is 12.3 Å². The minimum atomic E-state index is -0.351. The Kier molecular flexibility index (Phi) is 5.07. The third-order valence-electron chi connectivity index (χ3n) is 5.84. The highest BCUT2D eigenvalue weighted by atomic mass is 35.5. The van der Waals surface area contributed by atoms with E-state index in [-0.39, 0.29) is 17.6 Å². The minimum absolute atomic E-state index is 0.0606. The predicted octanol–water partition coefficient (Wildman–Crippen LogP) is 3.71. The van der Waals surface area contributed by atoms with Gasteiger partial charge in [0.25, 0.3) is 0 Å². The van der Waals surface area contributed by atoms with Crippen molar-refractivity contribution in [2.45, 2.75) is 38.8 Å². The molecule has 1 saturated carbocycles. The number of rotatable bonds is 6. The lowest BCUT2D eigenvalue weighted by Gasteiger charge is -2.49. The topological polar surface area (TPSA) is 110 Å². The molecule has 2 atom stereocenters. The molecule has 4 N–H and O–H groups in total. The van der Waals surface area contributed by atoms with E-state index < -0.39 is 0 Å². The van der Waals surface area contributed by atoms with Crippen LogP contribution in [0.1, 0.15) is 31.4 Å². The molecule has 0 saturated heterocycles. The second-order valence-corrected chi connectivity index (χ2v) is 8.45. The fourth-order valence-corrected chi connectivity index (χ4v) is 3.82. The van der Waals surface area contributed by atoms with Gasteiger partial charge in [-0.1, -0.05) is 31.5 Å². The van der Waals surface area contributed by atoms with Crippen LogP contribution in [0, 0.1) is 16.7 Å². The monoisotopic (exact) mass is 410 g/mol. The molecule has 2 aromatic heterocycles. The summed E-state index contributed by atoms with van der Waals surface area (Å²) in [4.78, 5) is 12.0. The summed E-state index contributed by atoms with van der Waals surface area (Å²) in [5.41, 5.74) is 2.32. The van der Waals surface area contributed by atoms with E-state index in [2.05, 4.69) is 31.7 Å². The van der Waals surface area contributed by atoms with Crippen LogP contribution >= 0.6 is 11.6 Å². The molecule has 0 amide bonds. The fourth-order valence-electron chi connectivity index (χ4n) is 3.65. The van der Waals surface area contributed by atoms with Crippen LogP contribution in [0.25, 0.3) is 10.9 Å². The molecule has 150 valence electrons. The number of nitriles is 1. The van der Waals surface area contributed by atoms with Gasteiger partial charge in [0.1, 0.15) is 17.5 Å². The predicted molar refractivity (Wildman–Crippen MR) is 114 cm³/mol. The third kappa shape index (κ3) is 3.74. The number of aliphatic hydroxyl groups excluding tert-OH is 1. The van der Waals surface area contributed by atoms with Crippen molar-refractivity contribution in [3.63, 3.8) is 0 Å². The van der Waals surface area contributed by atoms with Gasteiger partial charge < -0.3 is 20.7 Å². The first-order chi connectivity index (χ1) is 13.9. The van der Waals surface area contributed by atoms with Crippen molar-refractivity contribution in [1.29, 1.82) is 5.26 Å². The summed E-state index contributed by atoms with van der Waals surface area (Å²) >= 11 is 6.04. The van der Waals surface area contributed by atoms with E-state index in [0.29, 0.717) is 35.3 Å². The number of nitrogens with one attached hydrogen (secondary N) is 3. The highest BCUT2D eigenvalue weighted by Gasteiger charge is 2.47. The summed E-state index contributed by atoms with van der Waals surface area (Å²) in [6, 6.07) is 7.99. The maximum atomic E-state index is 9.94.